The maximum atomic E-state index is 14.9. The van der Waals surface area contributed by atoms with Crippen molar-refractivity contribution < 1.29 is 32.9 Å². The molecule has 37 heavy (non-hydrogen) atoms. The van der Waals surface area contributed by atoms with Gasteiger partial charge in [0.25, 0.3) is 6.43 Å². The number of hydrogen-bond acceptors (Lipinski definition) is 3. The molecule has 2 N–H and O–H groups in total. The van der Waals surface area contributed by atoms with Crippen LogP contribution in [0.3, 0.4) is 0 Å². The van der Waals surface area contributed by atoms with Gasteiger partial charge >= 0.3 is 5.97 Å². The van der Waals surface area contributed by atoms with Crippen LogP contribution in [0.4, 0.5) is 13.2 Å². The lowest BCUT2D eigenvalue weighted by Gasteiger charge is -2.30. The lowest BCUT2D eigenvalue weighted by atomic mass is 9.75. The predicted molar refractivity (Wildman–Crippen MR) is 135 cm³/mol. The maximum Gasteiger partial charge on any atom is 0.306 e. The molecule has 0 saturated heterocycles. The standard InChI is InChI=1S/C30H31F3O4/c1-30(2)12-4-7-25(30)23-13-18(8-10-22(23)24-15-20(29(32)33)9-11-26(24)31)17-37-21-6-3-5-19(14-21)27(34)16-28(35)36/h3,5-6,8-11,13-15,25,27,29,34H,4,7,12,16-17H2,1-2H3,(H,35,36)/t25-,27+/m0/s1. The number of benzene rings is 3. The lowest BCUT2D eigenvalue weighted by molar-refractivity contribution is -0.139. The summed E-state index contributed by atoms with van der Waals surface area (Å²) in [5.74, 6) is -1.03. The molecule has 3 aromatic carbocycles. The Balaban J connectivity index is 1.66. The Labute approximate surface area is 214 Å². The van der Waals surface area contributed by atoms with E-state index in [9.17, 15) is 23.1 Å². The summed E-state index contributed by atoms with van der Waals surface area (Å²) < 4.78 is 47.7. The highest BCUT2D eigenvalue weighted by Gasteiger charge is 2.37. The third-order valence-corrected chi connectivity index (χ3v) is 7.30. The number of alkyl halides is 2. The molecular formula is C30H31F3O4. The molecule has 0 heterocycles. The second-order valence-electron chi connectivity index (χ2n) is 10.4. The van der Waals surface area contributed by atoms with Gasteiger partial charge in [0.2, 0.25) is 0 Å². The van der Waals surface area contributed by atoms with Crippen LogP contribution in [-0.4, -0.2) is 16.2 Å². The zero-order valence-corrected chi connectivity index (χ0v) is 20.9. The topological polar surface area (TPSA) is 66.8 Å². The van der Waals surface area contributed by atoms with Gasteiger partial charge in [0.1, 0.15) is 18.2 Å². The van der Waals surface area contributed by atoms with Gasteiger partial charge in [0.15, 0.2) is 0 Å². The van der Waals surface area contributed by atoms with Crippen LogP contribution in [-0.2, 0) is 11.4 Å². The Morgan fingerprint density at radius 1 is 1.05 bits per heavy atom. The Kier molecular flexibility index (Phi) is 7.93. The zero-order valence-electron chi connectivity index (χ0n) is 20.9. The van der Waals surface area contributed by atoms with E-state index in [4.69, 9.17) is 9.84 Å². The number of carboxylic acids is 1. The highest BCUT2D eigenvalue weighted by Crippen LogP contribution is 2.51. The van der Waals surface area contributed by atoms with Crippen LogP contribution in [0.5, 0.6) is 5.75 Å². The Bertz CT molecular complexity index is 1270. The van der Waals surface area contributed by atoms with Crippen molar-refractivity contribution >= 4 is 5.97 Å². The third-order valence-electron chi connectivity index (χ3n) is 7.30. The largest absolute Gasteiger partial charge is 0.489 e. The molecule has 1 fully saturated rings. The lowest BCUT2D eigenvalue weighted by Crippen LogP contribution is -2.17. The molecule has 1 saturated carbocycles. The molecule has 1 aliphatic carbocycles. The molecular weight excluding hydrogens is 481 g/mol. The summed E-state index contributed by atoms with van der Waals surface area (Å²) in [5.41, 5.74) is 2.73. The minimum absolute atomic E-state index is 0.0281. The molecule has 1 aliphatic rings. The van der Waals surface area contributed by atoms with Crippen LogP contribution in [0.15, 0.2) is 60.7 Å². The summed E-state index contributed by atoms with van der Waals surface area (Å²) in [5, 5.41) is 19.0. The van der Waals surface area contributed by atoms with Gasteiger partial charge in [-0.3, -0.25) is 4.79 Å². The number of aliphatic hydroxyl groups is 1. The maximum absolute atomic E-state index is 14.9. The molecule has 7 heteroatoms. The van der Waals surface area contributed by atoms with Gasteiger partial charge in [-0.25, -0.2) is 13.2 Å². The molecule has 4 nitrogen and oxygen atoms in total. The molecule has 0 unspecified atom stereocenters. The summed E-state index contributed by atoms with van der Waals surface area (Å²) in [4.78, 5) is 10.9. The molecule has 0 spiro atoms. The molecule has 0 bridgehead atoms. The number of rotatable bonds is 9. The minimum atomic E-state index is -2.69. The van der Waals surface area contributed by atoms with E-state index < -0.39 is 30.7 Å². The monoisotopic (exact) mass is 512 g/mol. The number of aliphatic hydroxyl groups excluding tert-OH is 1. The first-order valence-electron chi connectivity index (χ1n) is 12.4. The van der Waals surface area contributed by atoms with E-state index in [1.54, 1.807) is 36.4 Å². The summed E-state index contributed by atoms with van der Waals surface area (Å²) >= 11 is 0. The summed E-state index contributed by atoms with van der Waals surface area (Å²) in [6.45, 7) is 4.55. The van der Waals surface area contributed by atoms with Crippen molar-refractivity contribution in [3.63, 3.8) is 0 Å². The fourth-order valence-electron chi connectivity index (χ4n) is 5.29. The van der Waals surface area contributed by atoms with Gasteiger partial charge in [0.05, 0.1) is 12.5 Å². The van der Waals surface area contributed by atoms with Crippen molar-refractivity contribution in [1.29, 1.82) is 0 Å². The fraction of sp³-hybridized carbons (Fsp3) is 0.367. The van der Waals surface area contributed by atoms with Crippen molar-refractivity contribution in [3.8, 4) is 16.9 Å². The normalized spacial score (nSPS) is 17.6. The number of hydrogen-bond donors (Lipinski definition) is 2. The molecule has 0 radical (unpaired) electrons. The van der Waals surface area contributed by atoms with E-state index in [2.05, 4.69) is 13.8 Å². The van der Waals surface area contributed by atoms with E-state index >= 15 is 0 Å². The smallest absolute Gasteiger partial charge is 0.306 e. The highest BCUT2D eigenvalue weighted by atomic mass is 19.3. The first-order valence-corrected chi connectivity index (χ1v) is 12.4. The molecule has 196 valence electrons. The number of halogens is 3. The SMILES string of the molecule is CC1(C)CCC[C@H]1c1cc(COc2cccc([C@H](O)CC(=O)O)c2)ccc1-c1cc(C(F)F)ccc1F. The fourth-order valence-corrected chi connectivity index (χ4v) is 5.29. The zero-order chi connectivity index (χ0) is 26.7. The summed E-state index contributed by atoms with van der Waals surface area (Å²) in [6.07, 6.45) is -1.27. The van der Waals surface area contributed by atoms with E-state index in [1.807, 2.05) is 6.07 Å². The van der Waals surface area contributed by atoms with Crippen LogP contribution in [0.25, 0.3) is 11.1 Å². The Morgan fingerprint density at radius 3 is 2.51 bits per heavy atom. The molecule has 0 amide bonds. The van der Waals surface area contributed by atoms with Crippen LogP contribution in [0.1, 0.15) is 80.2 Å². The van der Waals surface area contributed by atoms with Gasteiger partial charge in [-0.2, -0.15) is 0 Å². The average Bonchev–Trinajstić information content (AvgIpc) is 3.21. The quantitative estimate of drug-likeness (QED) is 0.307. The van der Waals surface area contributed by atoms with Crippen LogP contribution in [0.2, 0.25) is 0 Å². The predicted octanol–water partition coefficient (Wildman–Crippen LogP) is 7.81. The van der Waals surface area contributed by atoms with Crippen LogP contribution >= 0.6 is 0 Å². The summed E-state index contributed by atoms with van der Waals surface area (Å²) in [6, 6.07) is 15.7. The number of ether oxygens (including phenoxy) is 1. The van der Waals surface area contributed by atoms with Crippen LogP contribution < -0.4 is 4.74 Å². The van der Waals surface area contributed by atoms with Gasteiger partial charge < -0.3 is 14.9 Å². The number of carboxylic acid groups (broad SMARTS) is 1. The van der Waals surface area contributed by atoms with Crippen molar-refractivity contribution in [1.82, 2.24) is 0 Å². The second-order valence-corrected chi connectivity index (χ2v) is 10.4. The molecule has 2 atom stereocenters. The molecule has 0 aromatic heterocycles. The van der Waals surface area contributed by atoms with Crippen molar-refractivity contribution in [2.24, 2.45) is 5.41 Å². The van der Waals surface area contributed by atoms with Crippen LogP contribution in [0, 0.1) is 11.2 Å². The number of aliphatic carboxylic acids is 1. The van der Waals surface area contributed by atoms with Gasteiger partial charge in [-0.15, -0.1) is 0 Å². The van der Waals surface area contributed by atoms with Gasteiger partial charge in [0, 0.05) is 11.1 Å². The number of carbonyl (C=O) groups is 1. The van der Waals surface area contributed by atoms with Crippen molar-refractivity contribution in [2.45, 2.75) is 64.6 Å². The first kappa shape index (κ1) is 26.7. The van der Waals surface area contributed by atoms with Crippen molar-refractivity contribution in [2.75, 3.05) is 0 Å². The Hall–Kier alpha value is -3.32. The van der Waals surface area contributed by atoms with E-state index in [1.165, 1.54) is 6.07 Å². The minimum Gasteiger partial charge on any atom is -0.489 e. The highest BCUT2D eigenvalue weighted by molar-refractivity contribution is 5.70. The molecule has 4 rings (SSSR count). The first-order chi connectivity index (χ1) is 17.5. The van der Waals surface area contributed by atoms with Gasteiger partial charge in [-0.1, -0.05) is 56.7 Å². The van der Waals surface area contributed by atoms with Gasteiger partial charge in [-0.05, 0) is 70.7 Å². The molecule has 0 aliphatic heterocycles. The molecule has 3 aromatic rings. The van der Waals surface area contributed by atoms with E-state index in [0.29, 0.717) is 16.9 Å². The average molecular weight is 513 g/mol. The summed E-state index contributed by atoms with van der Waals surface area (Å²) in [7, 11) is 0. The van der Waals surface area contributed by atoms with E-state index in [0.717, 1.165) is 42.5 Å². The Morgan fingerprint density at radius 2 is 1.84 bits per heavy atom. The van der Waals surface area contributed by atoms with Crippen molar-refractivity contribution in [3.05, 3.63) is 88.7 Å². The second kappa shape index (κ2) is 11.0. The third kappa shape index (κ3) is 6.16. The van der Waals surface area contributed by atoms with E-state index in [-0.39, 0.29) is 29.1 Å².